The molecule has 7 heteroatoms. The van der Waals surface area contributed by atoms with Gasteiger partial charge in [-0.05, 0) is 45.8 Å². The molecule has 2 aromatic heterocycles. The number of halogens is 1. The van der Waals surface area contributed by atoms with Crippen LogP contribution in [0.4, 0.5) is 0 Å². The highest BCUT2D eigenvalue weighted by atomic mass is 79.9. The number of benzene rings is 1. The van der Waals surface area contributed by atoms with Crippen LogP contribution in [-0.2, 0) is 0 Å². The minimum absolute atomic E-state index is 0.199. The van der Waals surface area contributed by atoms with Gasteiger partial charge in [-0.25, -0.2) is 4.98 Å². The normalized spacial score (nSPS) is 12.1. The Morgan fingerprint density at radius 1 is 1.42 bits per heavy atom. The number of amides is 1. The quantitative estimate of drug-likeness (QED) is 0.703. The maximum atomic E-state index is 12.5. The fraction of sp³-hybridized carbons (Fsp3) is 0.176. The van der Waals surface area contributed by atoms with Crippen molar-refractivity contribution in [2.45, 2.75) is 6.04 Å². The highest BCUT2D eigenvalue weighted by molar-refractivity contribution is 9.10. The summed E-state index contributed by atoms with van der Waals surface area (Å²) in [4.78, 5) is 16.8. The Bertz CT molecular complexity index is 878. The van der Waals surface area contributed by atoms with Crippen molar-refractivity contribution in [2.24, 2.45) is 5.73 Å². The van der Waals surface area contributed by atoms with Crippen LogP contribution in [0, 0.1) is 0 Å². The lowest BCUT2D eigenvalue weighted by Crippen LogP contribution is -2.33. The molecular weight excluding hydrogens is 372 g/mol. The van der Waals surface area contributed by atoms with E-state index in [2.05, 4.69) is 26.2 Å². The third-order valence-electron chi connectivity index (χ3n) is 3.77. The van der Waals surface area contributed by atoms with Gasteiger partial charge in [-0.2, -0.15) is 0 Å². The molecule has 24 heavy (non-hydrogen) atoms. The Balaban J connectivity index is 1.82. The molecule has 3 rings (SSSR count). The Morgan fingerprint density at radius 2 is 2.25 bits per heavy atom. The van der Waals surface area contributed by atoms with E-state index < -0.39 is 0 Å². The summed E-state index contributed by atoms with van der Waals surface area (Å²) in [6, 6.07) is 10.7. The molecule has 1 atom stereocenters. The summed E-state index contributed by atoms with van der Waals surface area (Å²) in [5.41, 5.74) is 7.96. The van der Waals surface area contributed by atoms with Gasteiger partial charge in [-0.3, -0.25) is 9.20 Å². The van der Waals surface area contributed by atoms with E-state index in [9.17, 15) is 4.79 Å². The van der Waals surface area contributed by atoms with Crippen LogP contribution in [0.3, 0.4) is 0 Å². The van der Waals surface area contributed by atoms with Gasteiger partial charge >= 0.3 is 0 Å². The lowest BCUT2D eigenvalue weighted by atomic mass is 10.1. The number of carbonyl (C=O) groups is 1. The van der Waals surface area contributed by atoms with Crippen LogP contribution < -0.4 is 15.8 Å². The zero-order valence-electron chi connectivity index (χ0n) is 13.1. The first-order valence-electron chi connectivity index (χ1n) is 7.40. The van der Waals surface area contributed by atoms with Gasteiger partial charge in [0.1, 0.15) is 16.0 Å². The third-order valence-corrected chi connectivity index (χ3v) is 4.35. The summed E-state index contributed by atoms with van der Waals surface area (Å²) in [5, 5.41) is 2.95. The van der Waals surface area contributed by atoms with E-state index in [0.29, 0.717) is 11.2 Å². The second-order valence-corrected chi connectivity index (χ2v) is 6.08. The molecule has 0 spiro atoms. The zero-order valence-corrected chi connectivity index (χ0v) is 14.7. The lowest BCUT2D eigenvalue weighted by molar-refractivity contribution is 0.0937. The molecule has 0 bridgehead atoms. The number of ether oxygens (including phenoxy) is 1. The topological polar surface area (TPSA) is 81.6 Å². The highest BCUT2D eigenvalue weighted by Crippen LogP contribution is 2.19. The summed E-state index contributed by atoms with van der Waals surface area (Å²) in [6.07, 6.45) is 3.49. The fourth-order valence-corrected chi connectivity index (χ4v) is 2.87. The number of nitrogens with zero attached hydrogens (tertiary/aromatic N) is 2. The van der Waals surface area contributed by atoms with E-state index in [-0.39, 0.29) is 18.5 Å². The Kier molecular flexibility index (Phi) is 4.82. The van der Waals surface area contributed by atoms with Crippen molar-refractivity contribution < 1.29 is 9.53 Å². The largest absolute Gasteiger partial charge is 0.497 e. The Labute approximate surface area is 147 Å². The first-order valence-corrected chi connectivity index (χ1v) is 8.19. The van der Waals surface area contributed by atoms with Crippen LogP contribution in [0.5, 0.6) is 5.75 Å². The number of hydrogen-bond acceptors (Lipinski definition) is 4. The number of carbonyl (C=O) groups excluding carboxylic acids is 1. The average Bonchev–Trinajstić information content (AvgIpc) is 3.00. The standard InChI is InChI=1S/C17H17BrN4O2/c1-24-13-4-2-3-11(7-13)14(9-19)21-17(23)12-5-6-22-15(18)10-20-16(22)8-12/h2-8,10,14H,9,19H2,1H3,(H,21,23). The maximum Gasteiger partial charge on any atom is 0.251 e. The molecule has 0 aliphatic rings. The van der Waals surface area contributed by atoms with E-state index in [1.807, 2.05) is 28.7 Å². The fourth-order valence-electron chi connectivity index (χ4n) is 2.47. The molecule has 0 radical (unpaired) electrons. The van der Waals surface area contributed by atoms with Crippen molar-refractivity contribution in [3.8, 4) is 5.75 Å². The van der Waals surface area contributed by atoms with Crippen LogP contribution in [-0.4, -0.2) is 28.9 Å². The average molecular weight is 389 g/mol. The minimum Gasteiger partial charge on any atom is -0.497 e. The molecule has 0 saturated carbocycles. The van der Waals surface area contributed by atoms with Crippen molar-refractivity contribution in [3.05, 3.63) is 64.5 Å². The van der Waals surface area contributed by atoms with E-state index in [1.165, 1.54) is 0 Å². The van der Waals surface area contributed by atoms with Crippen molar-refractivity contribution in [1.29, 1.82) is 0 Å². The summed E-state index contributed by atoms with van der Waals surface area (Å²) in [6.45, 7) is 0.288. The highest BCUT2D eigenvalue weighted by Gasteiger charge is 2.16. The SMILES string of the molecule is COc1cccc(C(CN)NC(=O)c2ccn3c(Br)cnc3c2)c1. The molecule has 0 saturated heterocycles. The van der Waals surface area contributed by atoms with Gasteiger partial charge in [0.05, 0.1) is 19.3 Å². The number of nitrogens with two attached hydrogens (primary N) is 1. The Hall–Kier alpha value is -2.38. The minimum atomic E-state index is -0.296. The van der Waals surface area contributed by atoms with Crippen LogP contribution in [0.2, 0.25) is 0 Å². The number of fused-ring (bicyclic) bond motifs is 1. The molecule has 3 aromatic rings. The molecular formula is C17H17BrN4O2. The van der Waals surface area contributed by atoms with Crippen LogP contribution in [0.1, 0.15) is 22.0 Å². The number of nitrogens with one attached hydrogen (secondary N) is 1. The van der Waals surface area contributed by atoms with Gasteiger partial charge in [-0.15, -0.1) is 0 Å². The molecule has 1 unspecified atom stereocenters. The van der Waals surface area contributed by atoms with Crippen LogP contribution in [0.25, 0.3) is 5.65 Å². The first kappa shape index (κ1) is 16.5. The molecule has 1 aromatic carbocycles. The van der Waals surface area contributed by atoms with Crippen molar-refractivity contribution >= 4 is 27.5 Å². The first-order chi connectivity index (χ1) is 11.6. The van der Waals surface area contributed by atoms with Crippen molar-refractivity contribution in [3.63, 3.8) is 0 Å². The predicted molar refractivity (Wildman–Crippen MR) is 95.1 cm³/mol. The van der Waals surface area contributed by atoms with E-state index in [1.54, 1.807) is 31.6 Å². The van der Waals surface area contributed by atoms with E-state index in [0.717, 1.165) is 15.9 Å². The van der Waals surface area contributed by atoms with Gasteiger partial charge < -0.3 is 15.8 Å². The van der Waals surface area contributed by atoms with Crippen LogP contribution >= 0.6 is 15.9 Å². The van der Waals surface area contributed by atoms with Gasteiger partial charge in [0.25, 0.3) is 5.91 Å². The number of pyridine rings is 1. The van der Waals surface area contributed by atoms with Gasteiger partial charge in [0, 0.05) is 18.3 Å². The number of aromatic nitrogens is 2. The van der Waals surface area contributed by atoms with Gasteiger partial charge in [0.15, 0.2) is 0 Å². The second kappa shape index (κ2) is 7.02. The number of methoxy groups -OCH3 is 1. The molecule has 2 heterocycles. The molecule has 1 amide bonds. The lowest BCUT2D eigenvalue weighted by Gasteiger charge is -2.18. The smallest absolute Gasteiger partial charge is 0.251 e. The van der Waals surface area contributed by atoms with Crippen molar-refractivity contribution in [2.75, 3.05) is 13.7 Å². The number of hydrogen-bond donors (Lipinski definition) is 2. The van der Waals surface area contributed by atoms with Gasteiger partial charge in [0.2, 0.25) is 0 Å². The molecule has 124 valence electrons. The summed E-state index contributed by atoms with van der Waals surface area (Å²) in [7, 11) is 1.60. The van der Waals surface area contributed by atoms with E-state index in [4.69, 9.17) is 10.5 Å². The van der Waals surface area contributed by atoms with Gasteiger partial charge in [-0.1, -0.05) is 12.1 Å². The van der Waals surface area contributed by atoms with E-state index >= 15 is 0 Å². The summed E-state index contributed by atoms with van der Waals surface area (Å²) in [5.74, 6) is 0.527. The second-order valence-electron chi connectivity index (χ2n) is 5.26. The predicted octanol–water partition coefficient (Wildman–Crippen LogP) is 2.54. The molecule has 0 aliphatic carbocycles. The van der Waals surface area contributed by atoms with Crippen LogP contribution in [0.15, 0.2) is 53.4 Å². The molecule has 0 aliphatic heterocycles. The van der Waals surface area contributed by atoms with Crippen molar-refractivity contribution in [1.82, 2.24) is 14.7 Å². The Morgan fingerprint density at radius 3 is 3.00 bits per heavy atom. The maximum absolute atomic E-state index is 12.5. The summed E-state index contributed by atoms with van der Waals surface area (Å²) >= 11 is 3.40. The molecule has 0 fully saturated rings. The monoisotopic (exact) mass is 388 g/mol. The molecule has 6 nitrogen and oxygen atoms in total. The summed E-state index contributed by atoms with van der Waals surface area (Å²) < 4.78 is 7.90. The number of rotatable bonds is 5. The third kappa shape index (κ3) is 3.27. The zero-order chi connectivity index (χ0) is 17.1. The number of imidazole rings is 1. The molecule has 3 N–H and O–H groups in total.